The summed E-state index contributed by atoms with van der Waals surface area (Å²) in [4.78, 5) is 18.6. The minimum Gasteiger partial charge on any atom is -0.444 e. The fourth-order valence-corrected chi connectivity index (χ4v) is 3.00. The lowest BCUT2D eigenvalue weighted by atomic mass is 9.93. The van der Waals surface area contributed by atoms with Gasteiger partial charge in [0, 0.05) is 25.4 Å². The molecule has 0 spiro atoms. The average Bonchev–Trinajstić information content (AvgIpc) is 2.95. The van der Waals surface area contributed by atoms with Crippen molar-refractivity contribution in [1.82, 2.24) is 9.88 Å². The highest BCUT2D eigenvalue weighted by Crippen LogP contribution is 2.33. The Kier molecular flexibility index (Phi) is 5.53. The summed E-state index contributed by atoms with van der Waals surface area (Å²) in [5, 5.41) is 10.3. The van der Waals surface area contributed by atoms with E-state index in [0.29, 0.717) is 19.4 Å². The third-order valence-electron chi connectivity index (χ3n) is 4.43. The van der Waals surface area contributed by atoms with Crippen LogP contribution in [0.1, 0.15) is 71.0 Å². The summed E-state index contributed by atoms with van der Waals surface area (Å²) in [7, 11) is 0. The summed E-state index contributed by atoms with van der Waals surface area (Å²) >= 11 is 0. The molecule has 5 nitrogen and oxygen atoms in total. The molecular weight excluding hydrogens is 304 g/mol. The molecule has 2 unspecified atom stereocenters. The quantitative estimate of drug-likeness (QED) is 0.908. The molecule has 2 rings (SSSR count). The van der Waals surface area contributed by atoms with E-state index in [9.17, 15) is 9.90 Å². The molecule has 1 N–H and O–H groups in total. The highest BCUT2D eigenvalue weighted by Gasteiger charge is 2.33. The van der Waals surface area contributed by atoms with Crippen LogP contribution in [-0.2, 0) is 11.2 Å². The molecule has 1 aromatic heterocycles. The Bertz CT molecular complexity index is 578. The normalized spacial score (nSPS) is 20.8. The lowest BCUT2D eigenvalue weighted by molar-refractivity contribution is 0.0223. The summed E-state index contributed by atoms with van der Waals surface area (Å²) in [6, 6.07) is 2.06. The lowest BCUT2D eigenvalue weighted by Crippen LogP contribution is -2.36. The van der Waals surface area contributed by atoms with E-state index in [0.717, 1.165) is 24.0 Å². The van der Waals surface area contributed by atoms with E-state index < -0.39 is 11.2 Å². The Hall–Kier alpha value is -1.62. The third-order valence-corrected chi connectivity index (χ3v) is 4.43. The van der Waals surface area contributed by atoms with Gasteiger partial charge >= 0.3 is 6.09 Å². The Morgan fingerprint density at radius 1 is 1.38 bits per heavy atom. The second kappa shape index (κ2) is 7.09. The number of carbonyl (C=O) groups is 1. The molecule has 1 saturated heterocycles. The highest BCUT2D eigenvalue weighted by molar-refractivity contribution is 5.69. The van der Waals surface area contributed by atoms with Crippen LogP contribution in [0.15, 0.2) is 18.5 Å². The molecule has 0 saturated carbocycles. The first-order valence-corrected chi connectivity index (χ1v) is 8.77. The van der Waals surface area contributed by atoms with Crippen LogP contribution in [0.3, 0.4) is 0 Å². The average molecular weight is 334 g/mol. The van der Waals surface area contributed by atoms with Crippen molar-refractivity contribution in [2.24, 2.45) is 0 Å². The maximum absolute atomic E-state index is 12.4. The number of nitrogens with zero attached hydrogens (tertiary/aromatic N) is 2. The largest absolute Gasteiger partial charge is 0.444 e. The van der Waals surface area contributed by atoms with Gasteiger partial charge in [0.25, 0.3) is 0 Å². The molecule has 0 aliphatic carbocycles. The van der Waals surface area contributed by atoms with Crippen LogP contribution in [0.5, 0.6) is 0 Å². The van der Waals surface area contributed by atoms with E-state index in [-0.39, 0.29) is 12.1 Å². The summed E-state index contributed by atoms with van der Waals surface area (Å²) in [5.41, 5.74) is 0.781. The van der Waals surface area contributed by atoms with Crippen LogP contribution >= 0.6 is 0 Å². The van der Waals surface area contributed by atoms with Gasteiger partial charge in [-0.05, 0) is 58.1 Å². The second-order valence-electron chi connectivity index (χ2n) is 7.99. The van der Waals surface area contributed by atoms with E-state index in [1.54, 1.807) is 11.1 Å². The van der Waals surface area contributed by atoms with E-state index in [1.807, 2.05) is 40.8 Å². The molecule has 2 atom stereocenters. The molecule has 1 aromatic rings. The van der Waals surface area contributed by atoms with Crippen molar-refractivity contribution in [3.05, 3.63) is 29.6 Å². The molecule has 5 heteroatoms. The molecule has 0 radical (unpaired) electrons. The van der Waals surface area contributed by atoms with Gasteiger partial charge in [-0.25, -0.2) is 4.79 Å². The molecule has 2 heterocycles. The standard InChI is InChI=1S/C19H30N2O3/c1-6-19(5,23)11-14-10-15(13-20-12-14)16-8-7-9-21(16)17(22)24-18(2,3)4/h10,12-13,16,23H,6-9,11H2,1-5H3. The smallest absolute Gasteiger partial charge is 0.410 e. The van der Waals surface area contributed by atoms with Gasteiger partial charge in [-0.15, -0.1) is 0 Å². The van der Waals surface area contributed by atoms with Crippen LogP contribution in [0.25, 0.3) is 0 Å². The number of hydrogen-bond acceptors (Lipinski definition) is 4. The number of ether oxygens (including phenoxy) is 1. The first-order chi connectivity index (χ1) is 11.1. The molecule has 1 amide bonds. The molecule has 1 aliphatic heterocycles. The Balaban J connectivity index is 2.16. The van der Waals surface area contributed by atoms with Crippen molar-refractivity contribution in [3.63, 3.8) is 0 Å². The molecule has 134 valence electrons. The Morgan fingerprint density at radius 3 is 2.71 bits per heavy atom. The van der Waals surface area contributed by atoms with Crippen molar-refractivity contribution >= 4 is 6.09 Å². The van der Waals surface area contributed by atoms with Crippen LogP contribution in [0, 0.1) is 0 Å². The molecule has 0 aromatic carbocycles. The van der Waals surface area contributed by atoms with Crippen molar-refractivity contribution in [2.75, 3.05) is 6.54 Å². The maximum atomic E-state index is 12.4. The summed E-state index contributed by atoms with van der Waals surface area (Å²) in [6.45, 7) is 10.2. The van der Waals surface area contributed by atoms with Gasteiger partial charge in [0.2, 0.25) is 0 Å². The van der Waals surface area contributed by atoms with Gasteiger partial charge in [-0.1, -0.05) is 13.0 Å². The molecule has 0 bridgehead atoms. The molecular formula is C19H30N2O3. The number of pyridine rings is 1. The lowest BCUT2D eigenvalue weighted by Gasteiger charge is -2.29. The zero-order valence-electron chi connectivity index (χ0n) is 15.5. The van der Waals surface area contributed by atoms with Gasteiger partial charge in [-0.2, -0.15) is 0 Å². The van der Waals surface area contributed by atoms with Crippen LogP contribution in [0.4, 0.5) is 4.79 Å². The van der Waals surface area contributed by atoms with E-state index in [2.05, 4.69) is 11.1 Å². The maximum Gasteiger partial charge on any atom is 0.410 e. The number of carbonyl (C=O) groups excluding carboxylic acids is 1. The number of aliphatic hydroxyl groups is 1. The Labute approximate surface area is 145 Å². The van der Waals surface area contributed by atoms with Crippen LogP contribution in [-0.4, -0.2) is 38.8 Å². The van der Waals surface area contributed by atoms with E-state index in [4.69, 9.17) is 4.74 Å². The summed E-state index contributed by atoms with van der Waals surface area (Å²) in [5.74, 6) is 0. The van der Waals surface area contributed by atoms with Crippen molar-refractivity contribution < 1.29 is 14.6 Å². The zero-order chi connectivity index (χ0) is 18.0. The number of amides is 1. The van der Waals surface area contributed by atoms with Crippen LogP contribution in [0.2, 0.25) is 0 Å². The van der Waals surface area contributed by atoms with E-state index >= 15 is 0 Å². The van der Waals surface area contributed by atoms with Gasteiger partial charge < -0.3 is 14.7 Å². The minimum atomic E-state index is -0.735. The van der Waals surface area contributed by atoms with Crippen molar-refractivity contribution in [1.29, 1.82) is 0 Å². The van der Waals surface area contributed by atoms with Gasteiger partial charge in [0.1, 0.15) is 5.60 Å². The fourth-order valence-electron chi connectivity index (χ4n) is 3.00. The fraction of sp³-hybridized carbons (Fsp3) is 0.684. The summed E-state index contributed by atoms with van der Waals surface area (Å²) < 4.78 is 5.53. The monoisotopic (exact) mass is 334 g/mol. The highest BCUT2D eigenvalue weighted by atomic mass is 16.6. The Morgan fingerprint density at radius 2 is 2.08 bits per heavy atom. The minimum absolute atomic E-state index is 0.00104. The predicted octanol–water partition coefficient (Wildman–Crippen LogP) is 3.86. The van der Waals surface area contributed by atoms with Gasteiger partial charge in [-0.3, -0.25) is 4.98 Å². The molecule has 1 fully saturated rings. The second-order valence-corrected chi connectivity index (χ2v) is 7.99. The number of aromatic nitrogens is 1. The van der Waals surface area contributed by atoms with Gasteiger partial charge in [0.15, 0.2) is 0 Å². The topological polar surface area (TPSA) is 62.7 Å². The first kappa shape index (κ1) is 18.7. The number of hydrogen-bond donors (Lipinski definition) is 1. The number of rotatable bonds is 4. The van der Waals surface area contributed by atoms with Crippen molar-refractivity contribution in [3.8, 4) is 0 Å². The van der Waals surface area contributed by atoms with Crippen LogP contribution < -0.4 is 0 Å². The zero-order valence-corrected chi connectivity index (χ0v) is 15.5. The van der Waals surface area contributed by atoms with E-state index in [1.165, 1.54) is 0 Å². The SMILES string of the molecule is CCC(C)(O)Cc1cncc(C2CCCN2C(=O)OC(C)(C)C)c1. The van der Waals surface area contributed by atoms with Gasteiger partial charge in [0.05, 0.1) is 11.6 Å². The van der Waals surface area contributed by atoms with Crippen molar-refractivity contribution in [2.45, 2.75) is 77.5 Å². The molecule has 1 aliphatic rings. The molecule has 24 heavy (non-hydrogen) atoms. The third kappa shape index (κ3) is 4.94. The summed E-state index contributed by atoms with van der Waals surface area (Å²) in [6.07, 6.45) is 6.46. The first-order valence-electron chi connectivity index (χ1n) is 8.77. The predicted molar refractivity (Wildman–Crippen MR) is 93.8 cm³/mol. The number of likely N-dealkylation sites (tertiary alicyclic amines) is 1.